The molecule has 0 aliphatic heterocycles. The first-order valence-corrected chi connectivity index (χ1v) is 11.2. The Morgan fingerprint density at radius 1 is 1.15 bits per heavy atom. The Bertz CT molecular complexity index is 1060. The molecule has 3 amide bonds. The predicted molar refractivity (Wildman–Crippen MR) is 124 cm³/mol. The van der Waals surface area contributed by atoms with E-state index in [-0.39, 0.29) is 37.2 Å². The molecule has 0 fully saturated rings. The SMILES string of the molecule is COCCN(CC(=O)Nc1nc(CC(=O)NCc2ccco2)cs1)C(=O)c1ccc(C)cc1. The number of ether oxygens (including phenoxy) is 1. The number of aromatic nitrogens is 1. The number of carbonyl (C=O) groups is 3. The Kier molecular flexibility index (Phi) is 8.73. The highest BCUT2D eigenvalue weighted by molar-refractivity contribution is 7.13. The summed E-state index contributed by atoms with van der Waals surface area (Å²) in [4.78, 5) is 43.2. The number of hydrogen-bond acceptors (Lipinski definition) is 7. The van der Waals surface area contributed by atoms with Crippen molar-refractivity contribution in [3.63, 3.8) is 0 Å². The summed E-state index contributed by atoms with van der Waals surface area (Å²) < 4.78 is 10.3. The molecule has 9 nitrogen and oxygen atoms in total. The highest BCUT2D eigenvalue weighted by atomic mass is 32.1. The highest BCUT2D eigenvalue weighted by Gasteiger charge is 2.19. The Hall–Kier alpha value is -3.50. The number of aryl methyl sites for hydroxylation is 1. The van der Waals surface area contributed by atoms with Gasteiger partial charge in [0.25, 0.3) is 5.91 Å². The van der Waals surface area contributed by atoms with Crippen LogP contribution in [0, 0.1) is 6.92 Å². The molecular weight excluding hydrogens is 444 g/mol. The largest absolute Gasteiger partial charge is 0.467 e. The molecule has 0 aliphatic carbocycles. The summed E-state index contributed by atoms with van der Waals surface area (Å²) in [6.07, 6.45) is 1.63. The lowest BCUT2D eigenvalue weighted by molar-refractivity contribution is -0.120. The van der Waals surface area contributed by atoms with Crippen molar-refractivity contribution in [3.8, 4) is 0 Å². The predicted octanol–water partition coefficient (Wildman–Crippen LogP) is 2.63. The van der Waals surface area contributed by atoms with Crippen LogP contribution in [0.3, 0.4) is 0 Å². The van der Waals surface area contributed by atoms with Crippen LogP contribution >= 0.6 is 11.3 Å². The fourth-order valence-electron chi connectivity index (χ4n) is 2.94. The highest BCUT2D eigenvalue weighted by Crippen LogP contribution is 2.16. The molecule has 174 valence electrons. The average molecular weight is 471 g/mol. The molecule has 0 unspecified atom stereocenters. The van der Waals surface area contributed by atoms with E-state index in [9.17, 15) is 14.4 Å². The molecule has 3 aromatic rings. The van der Waals surface area contributed by atoms with Gasteiger partial charge in [-0.3, -0.25) is 14.4 Å². The minimum absolute atomic E-state index is 0.0823. The van der Waals surface area contributed by atoms with Gasteiger partial charge in [0, 0.05) is 24.6 Å². The van der Waals surface area contributed by atoms with Gasteiger partial charge in [-0.2, -0.15) is 0 Å². The van der Waals surface area contributed by atoms with Crippen LogP contribution in [0.15, 0.2) is 52.5 Å². The maximum atomic E-state index is 12.8. The summed E-state index contributed by atoms with van der Waals surface area (Å²) >= 11 is 1.22. The second-order valence-electron chi connectivity index (χ2n) is 7.31. The van der Waals surface area contributed by atoms with Gasteiger partial charge in [0.15, 0.2) is 5.13 Å². The van der Waals surface area contributed by atoms with Gasteiger partial charge in [0.2, 0.25) is 11.8 Å². The Morgan fingerprint density at radius 2 is 1.94 bits per heavy atom. The van der Waals surface area contributed by atoms with Crippen LogP contribution in [-0.4, -0.2) is 54.4 Å². The van der Waals surface area contributed by atoms with Crippen molar-refractivity contribution >= 4 is 34.2 Å². The van der Waals surface area contributed by atoms with Gasteiger partial charge in [-0.05, 0) is 31.2 Å². The van der Waals surface area contributed by atoms with Crippen molar-refractivity contribution in [1.82, 2.24) is 15.2 Å². The first-order chi connectivity index (χ1) is 15.9. The van der Waals surface area contributed by atoms with E-state index in [2.05, 4.69) is 15.6 Å². The van der Waals surface area contributed by atoms with E-state index >= 15 is 0 Å². The van der Waals surface area contributed by atoms with Crippen LogP contribution in [0.25, 0.3) is 0 Å². The van der Waals surface area contributed by atoms with Gasteiger partial charge >= 0.3 is 0 Å². The Labute approximate surface area is 195 Å². The first kappa shape index (κ1) is 24.1. The second-order valence-corrected chi connectivity index (χ2v) is 8.17. The van der Waals surface area contributed by atoms with Crippen molar-refractivity contribution in [2.75, 3.05) is 32.1 Å². The zero-order chi connectivity index (χ0) is 23.6. The molecule has 0 spiro atoms. The van der Waals surface area contributed by atoms with E-state index in [4.69, 9.17) is 9.15 Å². The Balaban J connectivity index is 1.53. The summed E-state index contributed by atoms with van der Waals surface area (Å²) in [5.41, 5.74) is 2.09. The number of furan rings is 1. The van der Waals surface area contributed by atoms with Gasteiger partial charge in [0.1, 0.15) is 12.3 Å². The lowest BCUT2D eigenvalue weighted by Crippen LogP contribution is -2.40. The fraction of sp³-hybridized carbons (Fsp3) is 0.304. The Morgan fingerprint density at radius 3 is 2.64 bits per heavy atom. The summed E-state index contributed by atoms with van der Waals surface area (Å²) in [6, 6.07) is 10.7. The lowest BCUT2D eigenvalue weighted by atomic mass is 10.1. The molecule has 33 heavy (non-hydrogen) atoms. The summed E-state index contributed by atoms with van der Waals surface area (Å²) in [6.45, 7) is 2.67. The molecular formula is C23H26N4O5S. The number of rotatable bonds is 11. The number of nitrogens with zero attached hydrogens (tertiary/aromatic N) is 2. The summed E-state index contributed by atoms with van der Waals surface area (Å²) in [5.74, 6) is -0.179. The number of benzene rings is 1. The van der Waals surface area contributed by atoms with E-state index in [1.54, 1.807) is 35.9 Å². The molecule has 0 aliphatic rings. The molecule has 2 N–H and O–H groups in total. The minimum Gasteiger partial charge on any atom is -0.467 e. The number of carbonyl (C=O) groups excluding carboxylic acids is 3. The van der Waals surface area contributed by atoms with Gasteiger partial charge in [0.05, 0.1) is 31.5 Å². The maximum Gasteiger partial charge on any atom is 0.254 e. The van der Waals surface area contributed by atoms with Gasteiger partial charge in [-0.1, -0.05) is 17.7 Å². The third-order valence-electron chi connectivity index (χ3n) is 4.67. The molecule has 2 heterocycles. The zero-order valence-electron chi connectivity index (χ0n) is 18.5. The van der Waals surface area contributed by atoms with Crippen LogP contribution in [0.4, 0.5) is 5.13 Å². The topological polar surface area (TPSA) is 114 Å². The quantitative estimate of drug-likeness (QED) is 0.445. The lowest BCUT2D eigenvalue weighted by Gasteiger charge is -2.21. The van der Waals surface area contributed by atoms with E-state index < -0.39 is 0 Å². The third kappa shape index (κ3) is 7.55. The van der Waals surface area contributed by atoms with E-state index in [1.165, 1.54) is 23.3 Å². The number of methoxy groups -OCH3 is 1. The van der Waals surface area contributed by atoms with Crippen molar-refractivity contribution in [2.45, 2.75) is 19.9 Å². The smallest absolute Gasteiger partial charge is 0.254 e. The first-order valence-electron chi connectivity index (χ1n) is 10.3. The number of nitrogens with one attached hydrogen (secondary N) is 2. The summed E-state index contributed by atoms with van der Waals surface area (Å²) in [5, 5.41) is 7.52. The molecule has 0 saturated carbocycles. The fourth-order valence-corrected chi connectivity index (χ4v) is 3.66. The second kappa shape index (κ2) is 11.9. The van der Waals surface area contributed by atoms with Crippen molar-refractivity contribution in [3.05, 3.63) is 70.6 Å². The monoisotopic (exact) mass is 470 g/mol. The van der Waals surface area contributed by atoms with Gasteiger partial charge < -0.3 is 24.7 Å². The molecule has 2 aromatic heterocycles. The van der Waals surface area contributed by atoms with Crippen LogP contribution in [0.5, 0.6) is 0 Å². The number of amides is 3. The molecule has 0 radical (unpaired) electrons. The number of hydrogen-bond donors (Lipinski definition) is 2. The average Bonchev–Trinajstić information content (AvgIpc) is 3.47. The number of thiazole rings is 1. The third-order valence-corrected chi connectivity index (χ3v) is 5.47. The molecule has 0 atom stereocenters. The molecule has 3 rings (SSSR count). The molecule has 0 saturated heterocycles. The van der Waals surface area contributed by atoms with E-state index in [1.807, 2.05) is 19.1 Å². The molecule has 10 heteroatoms. The van der Waals surface area contributed by atoms with Crippen LogP contribution in [0.1, 0.15) is 27.4 Å². The van der Waals surface area contributed by atoms with Crippen molar-refractivity contribution in [1.29, 1.82) is 0 Å². The standard InChI is InChI=1S/C23H26N4O5S/c1-16-5-7-17(8-6-16)22(30)27(9-11-31-2)14-21(29)26-23-25-18(15-33-23)12-20(28)24-13-19-4-3-10-32-19/h3-8,10,15H,9,11-14H2,1-2H3,(H,24,28)(H,25,26,29). The maximum absolute atomic E-state index is 12.8. The normalized spacial score (nSPS) is 10.6. The van der Waals surface area contributed by atoms with Gasteiger partial charge in [-0.15, -0.1) is 11.3 Å². The van der Waals surface area contributed by atoms with Gasteiger partial charge in [-0.25, -0.2) is 4.98 Å². The van der Waals surface area contributed by atoms with Crippen molar-refractivity contribution < 1.29 is 23.5 Å². The molecule has 1 aromatic carbocycles. The zero-order valence-corrected chi connectivity index (χ0v) is 19.3. The van der Waals surface area contributed by atoms with Crippen LogP contribution < -0.4 is 10.6 Å². The van der Waals surface area contributed by atoms with E-state index in [0.29, 0.717) is 35.3 Å². The summed E-state index contributed by atoms with van der Waals surface area (Å²) in [7, 11) is 1.54. The van der Waals surface area contributed by atoms with Crippen molar-refractivity contribution in [2.24, 2.45) is 0 Å². The number of anilines is 1. The van der Waals surface area contributed by atoms with Crippen LogP contribution in [-0.2, 0) is 27.3 Å². The minimum atomic E-state index is -0.380. The molecule has 0 bridgehead atoms. The van der Waals surface area contributed by atoms with E-state index in [0.717, 1.165) is 5.56 Å². The van der Waals surface area contributed by atoms with Crippen LogP contribution in [0.2, 0.25) is 0 Å².